The molecule has 4 heterocycles. The van der Waals surface area contributed by atoms with Gasteiger partial charge in [0.2, 0.25) is 0 Å². The summed E-state index contributed by atoms with van der Waals surface area (Å²) < 4.78 is 21.0. The number of hydrogen-bond acceptors (Lipinski definition) is 6. The van der Waals surface area contributed by atoms with Gasteiger partial charge in [0.15, 0.2) is 5.65 Å². The van der Waals surface area contributed by atoms with E-state index in [4.69, 9.17) is 26.3 Å². The van der Waals surface area contributed by atoms with Gasteiger partial charge in [0.1, 0.15) is 22.9 Å². The molecular formula is C25H23ClFN5O. The molecule has 0 bridgehead atoms. The van der Waals surface area contributed by atoms with Crippen molar-refractivity contribution in [2.45, 2.75) is 45.6 Å². The van der Waals surface area contributed by atoms with Gasteiger partial charge in [0.05, 0.1) is 17.5 Å². The highest BCUT2D eigenvalue weighted by molar-refractivity contribution is 6.30. The molecule has 0 radical (unpaired) electrons. The molecule has 2 atom stereocenters. The summed E-state index contributed by atoms with van der Waals surface area (Å²) in [5.74, 6) is 0.216. The van der Waals surface area contributed by atoms with Crippen LogP contribution in [0, 0.1) is 26.6 Å². The van der Waals surface area contributed by atoms with E-state index in [0.29, 0.717) is 39.9 Å². The number of benzene rings is 1. The number of hydrogen-bond donors (Lipinski definition) is 0. The van der Waals surface area contributed by atoms with Gasteiger partial charge in [0, 0.05) is 35.0 Å². The van der Waals surface area contributed by atoms with E-state index in [0.717, 1.165) is 35.5 Å². The Kier molecular flexibility index (Phi) is 5.76. The van der Waals surface area contributed by atoms with Gasteiger partial charge in [0.25, 0.3) is 0 Å². The van der Waals surface area contributed by atoms with Crippen molar-refractivity contribution in [1.29, 1.82) is 0 Å². The number of aryl methyl sites for hydroxylation is 3. The second kappa shape index (κ2) is 8.72. The first-order valence-corrected chi connectivity index (χ1v) is 11.3. The normalized spacial score (nSPS) is 18.6. The fourth-order valence-electron chi connectivity index (χ4n) is 4.21. The molecule has 1 aliphatic heterocycles. The number of halogens is 2. The van der Waals surface area contributed by atoms with Crippen molar-refractivity contribution in [1.82, 2.24) is 24.9 Å². The fraction of sp³-hybridized carbons (Fsp3) is 0.320. The van der Waals surface area contributed by atoms with E-state index in [1.165, 1.54) is 6.07 Å². The SMILES string of the molecule is Cc1cc([C@@H]2C[C@H](c3nc(-c4ccc(Cl)cc4F)c4nc(C)c(C)nc4n3)CCO2)ccn1. The summed E-state index contributed by atoms with van der Waals surface area (Å²) in [5.41, 5.74) is 5.29. The van der Waals surface area contributed by atoms with Crippen LogP contribution in [0.5, 0.6) is 0 Å². The van der Waals surface area contributed by atoms with Gasteiger partial charge in [-0.25, -0.2) is 24.3 Å². The molecule has 3 aromatic heterocycles. The Bertz CT molecular complexity index is 1360. The summed E-state index contributed by atoms with van der Waals surface area (Å²) in [6, 6.07) is 8.59. The first kappa shape index (κ1) is 21.8. The van der Waals surface area contributed by atoms with E-state index >= 15 is 0 Å². The zero-order chi connectivity index (χ0) is 23.1. The number of aromatic nitrogens is 5. The zero-order valence-electron chi connectivity index (χ0n) is 18.6. The van der Waals surface area contributed by atoms with Crippen LogP contribution in [0.1, 0.15) is 53.3 Å². The summed E-state index contributed by atoms with van der Waals surface area (Å²) in [4.78, 5) is 23.2. The van der Waals surface area contributed by atoms with E-state index in [1.54, 1.807) is 18.3 Å². The molecule has 5 rings (SSSR count). The van der Waals surface area contributed by atoms with Crippen LogP contribution in [-0.2, 0) is 4.74 Å². The second-order valence-corrected chi connectivity index (χ2v) is 8.87. The van der Waals surface area contributed by atoms with Crippen LogP contribution in [0.2, 0.25) is 5.02 Å². The topological polar surface area (TPSA) is 73.7 Å². The van der Waals surface area contributed by atoms with Crippen LogP contribution in [0.3, 0.4) is 0 Å². The van der Waals surface area contributed by atoms with Crippen molar-refractivity contribution < 1.29 is 9.13 Å². The third-order valence-electron chi connectivity index (χ3n) is 6.09. The molecule has 0 amide bonds. The number of ether oxygens (including phenoxy) is 1. The average molecular weight is 464 g/mol. The van der Waals surface area contributed by atoms with Gasteiger partial charge in [-0.15, -0.1) is 0 Å². The number of rotatable bonds is 3. The van der Waals surface area contributed by atoms with Crippen LogP contribution in [-0.4, -0.2) is 31.5 Å². The van der Waals surface area contributed by atoms with E-state index in [9.17, 15) is 4.39 Å². The zero-order valence-corrected chi connectivity index (χ0v) is 19.4. The lowest BCUT2D eigenvalue weighted by Crippen LogP contribution is -2.21. The molecule has 33 heavy (non-hydrogen) atoms. The Morgan fingerprint density at radius 1 is 1.00 bits per heavy atom. The molecule has 0 spiro atoms. The molecule has 0 N–H and O–H groups in total. The number of nitrogens with zero attached hydrogens (tertiary/aromatic N) is 5. The van der Waals surface area contributed by atoms with E-state index in [-0.39, 0.29) is 12.0 Å². The summed E-state index contributed by atoms with van der Waals surface area (Å²) in [5, 5.41) is 0.327. The Labute approximate surface area is 196 Å². The Balaban J connectivity index is 1.62. The van der Waals surface area contributed by atoms with Crippen molar-refractivity contribution in [3.63, 3.8) is 0 Å². The maximum atomic E-state index is 14.9. The van der Waals surface area contributed by atoms with Crippen molar-refractivity contribution in [2.75, 3.05) is 6.61 Å². The van der Waals surface area contributed by atoms with Crippen LogP contribution in [0.25, 0.3) is 22.4 Å². The smallest absolute Gasteiger partial charge is 0.182 e. The minimum Gasteiger partial charge on any atom is -0.373 e. The minimum absolute atomic E-state index is 0.0409. The molecule has 1 fully saturated rings. The van der Waals surface area contributed by atoms with Gasteiger partial charge < -0.3 is 4.74 Å². The van der Waals surface area contributed by atoms with Gasteiger partial charge in [-0.2, -0.15) is 0 Å². The van der Waals surface area contributed by atoms with Crippen molar-refractivity contribution in [3.8, 4) is 11.3 Å². The standard InChI is InChI=1S/C25H23ClFN5O/c1-13-10-16(6-8-28-13)21-11-17(7-9-33-21)24-31-22(19-5-4-18(26)12-20(19)27)23-25(32-24)30-15(3)14(2)29-23/h4-6,8,10,12,17,21H,7,9,11H2,1-3H3/t17-,21+/m1/s1. The molecule has 8 heteroatoms. The lowest BCUT2D eigenvalue weighted by molar-refractivity contribution is 0.00393. The van der Waals surface area contributed by atoms with E-state index in [1.807, 2.05) is 32.9 Å². The number of pyridine rings is 1. The van der Waals surface area contributed by atoms with Crippen LogP contribution in [0.4, 0.5) is 4.39 Å². The highest BCUT2D eigenvalue weighted by Crippen LogP contribution is 2.38. The van der Waals surface area contributed by atoms with Crippen molar-refractivity contribution >= 4 is 22.8 Å². The van der Waals surface area contributed by atoms with Crippen LogP contribution >= 0.6 is 11.6 Å². The highest BCUT2D eigenvalue weighted by atomic mass is 35.5. The first-order chi connectivity index (χ1) is 15.9. The fourth-order valence-corrected chi connectivity index (χ4v) is 4.37. The van der Waals surface area contributed by atoms with Gasteiger partial charge in [-0.05, 0) is 69.5 Å². The quantitative estimate of drug-likeness (QED) is 0.380. The predicted molar refractivity (Wildman–Crippen MR) is 125 cm³/mol. The average Bonchev–Trinajstić information content (AvgIpc) is 2.80. The molecule has 1 aliphatic rings. The van der Waals surface area contributed by atoms with Crippen LogP contribution in [0.15, 0.2) is 36.5 Å². The van der Waals surface area contributed by atoms with E-state index in [2.05, 4.69) is 15.0 Å². The Morgan fingerprint density at radius 2 is 1.82 bits per heavy atom. The molecule has 0 aliphatic carbocycles. The Morgan fingerprint density at radius 3 is 2.61 bits per heavy atom. The third-order valence-corrected chi connectivity index (χ3v) is 6.32. The largest absolute Gasteiger partial charge is 0.373 e. The molecule has 1 aromatic carbocycles. The van der Waals surface area contributed by atoms with E-state index < -0.39 is 5.82 Å². The maximum Gasteiger partial charge on any atom is 0.182 e. The highest BCUT2D eigenvalue weighted by Gasteiger charge is 2.29. The third kappa shape index (κ3) is 4.30. The van der Waals surface area contributed by atoms with Gasteiger partial charge in [-0.1, -0.05) is 11.6 Å². The van der Waals surface area contributed by atoms with Crippen LogP contribution < -0.4 is 0 Å². The lowest BCUT2D eigenvalue weighted by Gasteiger charge is -2.29. The van der Waals surface area contributed by atoms with Gasteiger partial charge >= 0.3 is 0 Å². The maximum absolute atomic E-state index is 14.9. The predicted octanol–water partition coefficient (Wildman–Crippen LogP) is 5.83. The lowest BCUT2D eigenvalue weighted by atomic mass is 9.91. The van der Waals surface area contributed by atoms with Crippen molar-refractivity contribution in [2.24, 2.45) is 0 Å². The van der Waals surface area contributed by atoms with Gasteiger partial charge in [-0.3, -0.25) is 4.98 Å². The molecule has 0 saturated carbocycles. The van der Waals surface area contributed by atoms with Crippen molar-refractivity contribution in [3.05, 3.63) is 75.8 Å². The summed E-state index contributed by atoms with van der Waals surface area (Å²) in [6.07, 6.45) is 3.21. The molecule has 0 unspecified atom stereocenters. The molecular weight excluding hydrogens is 441 g/mol. The summed E-state index contributed by atoms with van der Waals surface area (Å²) >= 11 is 5.99. The summed E-state index contributed by atoms with van der Waals surface area (Å²) in [7, 11) is 0. The number of fused-ring (bicyclic) bond motifs is 1. The minimum atomic E-state index is -0.453. The summed E-state index contributed by atoms with van der Waals surface area (Å²) in [6.45, 7) is 6.31. The molecule has 1 saturated heterocycles. The molecule has 168 valence electrons. The monoisotopic (exact) mass is 463 g/mol. The second-order valence-electron chi connectivity index (χ2n) is 8.43. The molecule has 4 aromatic rings. The first-order valence-electron chi connectivity index (χ1n) is 10.9. The Hall–Kier alpha value is -3.03. The molecule has 6 nitrogen and oxygen atoms in total.